The first-order valence-electron chi connectivity index (χ1n) is 10.4. The molecule has 1 unspecified atom stereocenters. The maximum atomic E-state index is 15.0. The van der Waals surface area contributed by atoms with Crippen molar-refractivity contribution in [2.45, 2.75) is 19.5 Å². The van der Waals surface area contributed by atoms with Crippen molar-refractivity contribution in [2.75, 3.05) is 51.0 Å². The van der Waals surface area contributed by atoms with Crippen molar-refractivity contribution < 1.29 is 31.9 Å². The van der Waals surface area contributed by atoms with Crippen LogP contribution < -0.4 is 10.0 Å². The molecule has 2 aliphatic heterocycles. The van der Waals surface area contributed by atoms with Crippen molar-refractivity contribution >= 4 is 27.6 Å². The first-order valence-corrected chi connectivity index (χ1v) is 11.9. The topological polar surface area (TPSA) is 122 Å². The van der Waals surface area contributed by atoms with Crippen molar-refractivity contribution in [2.24, 2.45) is 0 Å². The van der Waals surface area contributed by atoms with E-state index in [9.17, 15) is 22.4 Å². The highest BCUT2D eigenvalue weighted by Crippen LogP contribution is 2.28. The van der Waals surface area contributed by atoms with Crippen LogP contribution in [0, 0.1) is 11.6 Å². The molecule has 1 aromatic rings. The van der Waals surface area contributed by atoms with Gasteiger partial charge in [-0.05, 0) is 12.1 Å². The molecule has 3 N–H and O–H groups in total. The average Bonchev–Trinajstić information content (AvgIpc) is 3.25. The molecule has 13 heteroatoms. The molecule has 2 aliphatic rings. The summed E-state index contributed by atoms with van der Waals surface area (Å²) in [5, 5.41) is 11.9. The van der Waals surface area contributed by atoms with E-state index in [2.05, 4.69) is 5.32 Å². The third-order valence-corrected chi connectivity index (χ3v) is 7.33. The van der Waals surface area contributed by atoms with Crippen molar-refractivity contribution in [3.63, 3.8) is 0 Å². The summed E-state index contributed by atoms with van der Waals surface area (Å²) in [7, 11) is -2.76. The Bertz CT molecular complexity index is 1060. The SMILES string of the molecule is CCN(C)S(=O)(=O)Nc1ccc(F)c(C(=O)C2=CNC(N3CCN(CC(=O)O)CC3)C2)c1F. The second-order valence-electron chi connectivity index (χ2n) is 7.90. The Hall–Kier alpha value is -2.61. The molecule has 33 heavy (non-hydrogen) atoms. The van der Waals surface area contributed by atoms with Gasteiger partial charge >= 0.3 is 16.2 Å². The number of ketones is 1. The molecule has 1 aromatic carbocycles. The molecule has 10 nitrogen and oxygen atoms in total. The lowest BCUT2D eigenvalue weighted by molar-refractivity contribution is -0.138. The standard InChI is InChI=1S/C20H27F2N5O5S/c1-3-25(2)33(31,32)24-15-5-4-14(21)18(19(15)22)20(30)13-10-16(23-11-13)27-8-6-26(7-9-27)12-17(28)29/h4-5,11,16,23-24H,3,6-10,12H2,1-2H3,(H,28,29). The third-order valence-electron chi connectivity index (χ3n) is 5.77. The second-order valence-corrected chi connectivity index (χ2v) is 9.67. The van der Waals surface area contributed by atoms with E-state index in [-0.39, 0.29) is 31.2 Å². The van der Waals surface area contributed by atoms with Crippen LogP contribution in [0.2, 0.25) is 0 Å². The predicted molar refractivity (Wildman–Crippen MR) is 117 cm³/mol. The van der Waals surface area contributed by atoms with Crippen LogP contribution in [-0.4, -0.2) is 91.9 Å². The molecular formula is C20H27F2N5O5S. The van der Waals surface area contributed by atoms with Crippen molar-refractivity contribution in [3.8, 4) is 0 Å². The summed E-state index contributed by atoms with van der Waals surface area (Å²) in [6, 6.07) is 1.78. The molecule has 0 amide bonds. The van der Waals surface area contributed by atoms with Crippen LogP contribution in [0.3, 0.4) is 0 Å². The van der Waals surface area contributed by atoms with Crippen molar-refractivity contribution in [1.29, 1.82) is 0 Å². The highest BCUT2D eigenvalue weighted by molar-refractivity contribution is 7.90. The van der Waals surface area contributed by atoms with Crippen LogP contribution >= 0.6 is 0 Å². The van der Waals surface area contributed by atoms with Gasteiger partial charge in [-0.1, -0.05) is 6.92 Å². The number of hydrogen-bond donors (Lipinski definition) is 3. The van der Waals surface area contributed by atoms with Gasteiger partial charge in [-0.25, -0.2) is 8.78 Å². The molecule has 182 valence electrons. The number of carboxylic acids is 1. The molecule has 1 saturated heterocycles. The monoisotopic (exact) mass is 487 g/mol. The Balaban J connectivity index is 1.70. The molecule has 0 radical (unpaired) electrons. The van der Waals surface area contributed by atoms with Gasteiger partial charge < -0.3 is 10.4 Å². The lowest BCUT2D eigenvalue weighted by Crippen LogP contribution is -2.53. The van der Waals surface area contributed by atoms with Crippen LogP contribution in [0.1, 0.15) is 23.7 Å². The van der Waals surface area contributed by atoms with E-state index < -0.39 is 44.8 Å². The van der Waals surface area contributed by atoms with Gasteiger partial charge in [0.15, 0.2) is 11.6 Å². The number of carbonyl (C=O) groups is 2. The number of nitrogens with one attached hydrogen (secondary N) is 2. The predicted octanol–water partition coefficient (Wildman–Crippen LogP) is 0.661. The lowest BCUT2D eigenvalue weighted by Gasteiger charge is -2.37. The average molecular weight is 488 g/mol. The number of benzene rings is 1. The zero-order chi connectivity index (χ0) is 24.3. The zero-order valence-corrected chi connectivity index (χ0v) is 19.2. The number of nitrogens with zero attached hydrogens (tertiary/aromatic N) is 3. The zero-order valence-electron chi connectivity index (χ0n) is 18.3. The number of carbonyl (C=O) groups excluding carboxylic acids is 1. The largest absolute Gasteiger partial charge is 0.480 e. The van der Waals surface area contributed by atoms with Crippen LogP contribution in [0.5, 0.6) is 0 Å². The lowest BCUT2D eigenvalue weighted by atomic mass is 10.00. The first kappa shape index (κ1) is 25.0. The van der Waals surface area contributed by atoms with Gasteiger partial charge in [0.05, 0.1) is 24.0 Å². The minimum absolute atomic E-state index is 0.0411. The van der Waals surface area contributed by atoms with E-state index in [0.717, 1.165) is 16.4 Å². The summed E-state index contributed by atoms with van der Waals surface area (Å²) >= 11 is 0. The summed E-state index contributed by atoms with van der Waals surface area (Å²) in [6.07, 6.45) is 1.35. The number of anilines is 1. The van der Waals surface area contributed by atoms with E-state index >= 15 is 4.39 Å². The molecule has 0 saturated carbocycles. The maximum Gasteiger partial charge on any atom is 0.317 e. The van der Waals surface area contributed by atoms with E-state index in [0.29, 0.717) is 26.2 Å². The quantitative estimate of drug-likeness (QED) is 0.435. The maximum absolute atomic E-state index is 15.0. The Morgan fingerprint density at radius 1 is 1.24 bits per heavy atom. The summed E-state index contributed by atoms with van der Waals surface area (Å²) < 4.78 is 56.9. The number of rotatable bonds is 9. The molecular weight excluding hydrogens is 460 g/mol. The number of carboxylic acid groups (broad SMARTS) is 1. The molecule has 0 aromatic heterocycles. The summed E-state index contributed by atoms with van der Waals surface area (Å²) in [6.45, 7) is 3.93. The van der Waals surface area contributed by atoms with Gasteiger partial charge in [0, 0.05) is 58.0 Å². The smallest absolute Gasteiger partial charge is 0.317 e. The number of halogens is 2. The normalized spacial score (nSPS) is 19.9. The van der Waals surface area contributed by atoms with Crippen molar-refractivity contribution in [1.82, 2.24) is 19.4 Å². The van der Waals surface area contributed by atoms with Crippen LogP contribution in [-0.2, 0) is 15.0 Å². The number of piperazine rings is 1. The summed E-state index contributed by atoms with van der Waals surface area (Å²) in [5.74, 6) is -4.13. The van der Waals surface area contributed by atoms with Crippen molar-refractivity contribution in [3.05, 3.63) is 41.1 Å². The molecule has 2 heterocycles. The van der Waals surface area contributed by atoms with E-state index in [1.54, 1.807) is 11.8 Å². The van der Waals surface area contributed by atoms with Gasteiger partial charge in [-0.3, -0.25) is 24.1 Å². The molecule has 1 fully saturated rings. The summed E-state index contributed by atoms with van der Waals surface area (Å²) in [5.41, 5.74) is -1.18. The van der Waals surface area contributed by atoms with Gasteiger partial charge in [0.2, 0.25) is 0 Å². The second kappa shape index (κ2) is 10.1. The fraction of sp³-hybridized carbons (Fsp3) is 0.500. The Kier molecular flexibility index (Phi) is 7.67. The Labute approximate surface area is 191 Å². The molecule has 0 aliphatic carbocycles. The van der Waals surface area contributed by atoms with Crippen LogP contribution in [0.25, 0.3) is 0 Å². The Morgan fingerprint density at radius 3 is 2.52 bits per heavy atom. The third kappa shape index (κ3) is 5.66. The van der Waals surface area contributed by atoms with Gasteiger partial charge in [-0.2, -0.15) is 12.7 Å². The molecule has 1 atom stereocenters. The Morgan fingerprint density at radius 2 is 1.91 bits per heavy atom. The minimum atomic E-state index is -4.06. The van der Waals surface area contributed by atoms with E-state index in [1.165, 1.54) is 13.2 Å². The number of aliphatic carboxylic acids is 1. The van der Waals surface area contributed by atoms with Gasteiger partial charge in [0.1, 0.15) is 5.82 Å². The van der Waals surface area contributed by atoms with Gasteiger partial charge in [-0.15, -0.1) is 0 Å². The minimum Gasteiger partial charge on any atom is -0.480 e. The number of hydrogen-bond acceptors (Lipinski definition) is 7. The number of Topliss-reactive ketones (excluding diaryl/α,β-unsaturated/α-hetero) is 1. The van der Waals surface area contributed by atoms with E-state index in [4.69, 9.17) is 5.11 Å². The fourth-order valence-corrected chi connectivity index (χ4v) is 4.66. The van der Waals surface area contributed by atoms with Crippen LogP contribution in [0.15, 0.2) is 23.9 Å². The summed E-state index contributed by atoms with van der Waals surface area (Å²) in [4.78, 5) is 27.6. The van der Waals surface area contributed by atoms with E-state index in [1.807, 2.05) is 9.62 Å². The highest BCUT2D eigenvalue weighted by atomic mass is 32.2. The molecule has 0 spiro atoms. The fourth-order valence-electron chi connectivity index (χ4n) is 3.73. The first-order chi connectivity index (χ1) is 15.5. The molecule has 0 bridgehead atoms. The highest BCUT2D eigenvalue weighted by Gasteiger charge is 2.32. The van der Waals surface area contributed by atoms with Gasteiger partial charge in [0.25, 0.3) is 0 Å². The van der Waals surface area contributed by atoms with Crippen LogP contribution in [0.4, 0.5) is 14.5 Å². The molecule has 3 rings (SSSR count).